The second-order valence-electron chi connectivity index (χ2n) is 6.40. The summed E-state index contributed by atoms with van der Waals surface area (Å²) in [5, 5.41) is 3.18. The average molecular weight is 389 g/mol. The van der Waals surface area contributed by atoms with Crippen LogP contribution in [0.2, 0.25) is 0 Å². The van der Waals surface area contributed by atoms with Crippen LogP contribution in [0.25, 0.3) is 21.3 Å². The third kappa shape index (κ3) is 3.32. The quantitative estimate of drug-likeness (QED) is 0.690. The topological polar surface area (TPSA) is 66.4 Å². The number of thiophene rings is 1. The molecule has 136 valence electrons. The van der Waals surface area contributed by atoms with Gasteiger partial charge in [-0.25, -0.2) is 22.7 Å². The number of nitrogens with zero attached hydrogens (tertiary/aromatic N) is 4. The summed E-state index contributed by atoms with van der Waals surface area (Å²) in [6.07, 6.45) is 3.66. The largest absolute Gasteiger partial charge is 0.355 e. The number of hydrogen-bond acceptors (Lipinski definition) is 6. The Hall–Kier alpha value is -2.03. The van der Waals surface area contributed by atoms with Gasteiger partial charge in [-0.2, -0.15) is 0 Å². The number of rotatable bonds is 3. The lowest BCUT2D eigenvalue weighted by Crippen LogP contribution is -2.34. The molecular weight excluding hydrogens is 368 g/mol. The fourth-order valence-corrected chi connectivity index (χ4v) is 5.15. The molecular formula is C18H20N4O2S2. The van der Waals surface area contributed by atoms with E-state index < -0.39 is 10.0 Å². The number of hydrogen-bond donors (Lipinski definition) is 0. The summed E-state index contributed by atoms with van der Waals surface area (Å²) in [5.74, 6) is 0.894. The fourth-order valence-electron chi connectivity index (χ4n) is 3.37. The molecule has 4 rings (SSSR count). The van der Waals surface area contributed by atoms with Gasteiger partial charge < -0.3 is 4.90 Å². The van der Waals surface area contributed by atoms with Gasteiger partial charge in [0.05, 0.1) is 11.6 Å². The minimum absolute atomic E-state index is 0.481. The van der Waals surface area contributed by atoms with E-state index in [2.05, 4.69) is 32.4 Å². The molecule has 26 heavy (non-hydrogen) atoms. The van der Waals surface area contributed by atoms with Crippen LogP contribution in [0.1, 0.15) is 6.42 Å². The maximum atomic E-state index is 11.9. The predicted molar refractivity (Wildman–Crippen MR) is 106 cm³/mol. The van der Waals surface area contributed by atoms with Crippen molar-refractivity contribution in [3.8, 4) is 11.1 Å². The van der Waals surface area contributed by atoms with Gasteiger partial charge in [-0.15, -0.1) is 11.3 Å². The minimum atomic E-state index is -3.16. The van der Waals surface area contributed by atoms with Crippen molar-refractivity contribution in [3.05, 3.63) is 42.0 Å². The average Bonchev–Trinajstić information content (AvgIpc) is 2.90. The van der Waals surface area contributed by atoms with Crippen LogP contribution in [-0.4, -0.2) is 55.1 Å². The second-order valence-corrected chi connectivity index (χ2v) is 9.24. The zero-order chi connectivity index (χ0) is 18.1. The molecule has 2 aromatic heterocycles. The molecule has 0 unspecified atom stereocenters. The van der Waals surface area contributed by atoms with E-state index in [1.807, 2.05) is 18.2 Å². The lowest BCUT2D eigenvalue weighted by Gasteiger charge is -2.23. The normalized spacial score (nSPS) is 16.7. The van der Waals surface area contributed by atoms with Crippen LogP contribution in [0.3, 0.4) is 0 Å². The van der Waals surface area contributed by atoms with Gasteiger partial charge in [0.2, 0.25) is 10.0 Å². The molecule has 3 aromatic rings. The summed E-state index contributed by atoms with van der Waals surface area (Å²) in [7, 11) is -3.16. The Kier molecular flexibility index (Phi) is 4.64. The van der Waals surface area contributed by atoms with Crippen molar-refractivity contribution in [3.63, 3.8) is 0 Å². The van der Waals surface area contributed by atoms with Gasteiger partial charge in [0.25, 0.3) is 0 Å². The Morgan fingerprint density at radius 2 is 1.85 bits per heavy atom. The van der Waals surface area contributed by atoms with Crippen LogP contribution in [0.4, 0.5) is 5.82 Å². The Bertz CT molecular complexity index is 1020. The molecule has 0 amide bonds. The Labute approximate surface area is 157 Å². The lowest BCUT2D eigenvalue weighted by atomic mass is 10.1. The lowest BCUT2D eigenvalue weighted by molar-refractivity contribution is 0.437. The first-order valence-electron chi connectivity index (χ1n) is 8.52. The van der Waals surface area contributed by atoms with E-state index in [4.69, 9.17) is 0 Å². The molecule has 0 bridgehead atoms. The first-order valence-corrected chi connectivity index (χ1v) is 11.2. The van der Waals surface area contributed by atoms with E-state index in [0.717, 1.165) is 40.1 Å². The molecule has 1 fully saturated rings. The van der Waals surface area contributed by atoms with Crippen LogP contribution in [0.5, 0.6) is 0 Å². The highest BCUT2D eigenvalue weighted by Gasteiger charge is 2.24. The molecule has 1 aromatic carbocycles. The number of aromatic nitrogens is 2. The molecule has 0 spiro atoms. The summed E-state index contributed by atoms with van der Waals surface area (Å²) in [4.78, 5) is 12.2. The van der Waals surface area contributed by atoms with Crippen LogP contribution >= 0.6 is 11.3 Å². The molecule has 3 heterocycles. The summed E-state index contributed by atoms with van der Waals surface area (Å²) in [6.45, 7) is 2.44. The van der Waals surface area contributed by atoms with E-state index in [9.17, 15) is 8.42 Å². The first-order chi connectivity index (χ1) is 12.5. The number of benzene rings is 1. The Morgan fingerprint density at radius 1 is 1.04 bits per heavy atom. The molecule has 0 atom stereocenters. The van der Waals surface area contributed by atoms with Gasteiger partial charge in [0.15, 0.2) is 0 Å². The Balaban J connectivity index is 1.74. The number of fused-ring (bicyclic) bond motifs is 1. The maximum absolute atomic E-state index is 11.9. The molecule has 0 aliphatic carbocycles. The molecule has 6 nitrogen and oxygen atoms in total. The number of sulfonamides is 1. The van der Waals surface area contributed by atoms with Crippen molar-refractivity contribution in [2.45, 2.75) is 6.42 Å². The van der Waals surface area contributed by atoms with Crippen molar-refractivity contribution in [2.75, 3.05) is 37.3 Å². The summed E-state index contributed by atoms with van der Waals surface area (Å²) >= 11 is 1.61. The van der Waals surface area contributed by atoms with E-state index in [-0.39, 0.29) is 0 Å². The zero-order valence-corrected chi connectivity index (χ0v) is 16.1. The minimum Gasteiger partial charge on any atom is -0.355 e. The standard InChI is InChI=1S/C18H20N4O2S2/c1-26(23,24)22-9-5-8-21(10-11-22)17-16-15(14-6-3-2-4-7-14)12-25-18(16)20-13-19-17/h2-4,6-7,12-13H,5,8-11H2,1H3. The zero-order valence-electron chi connectivity index (χ0n) is 14.5. The highest BCUT2D eigenvalue weighted by atomic mass is 32.2. The molecule has 0 saturated carbocycles. The van der Waals surface area contributed by atoms with Crippen molar-refractivity contribution < 1.29 is 8.42 Å². The molecule has 1 aliphatic heterocycles. The van der Waals surface area contributed by atoms with E-state index in [0.29, 0.717) is 19.6 Å². The fraction of sp³-hybridized carbons (Fsp3) is 0.333. The highest BCUT2D eigenvalue weighted by molar-refractivity contribution is 7.88. The summed E-state index contributed by atoms with van der Waals surface area (Å²) in [5.41, 5.74) is 2.27. The van der Waals surface area contributed by atoms with Crippen molar-refractivity contribution in [2.24, 2.45) is 0 Å². The van der Waals surface area contributed by atoms with E-state index in [1.54, 1.807) is 22.0 Å². The van der Waals surface area contributed by atoms with Gasteiger partial charge in [0, 0.05) is 37.1 Å². The van der Waals surface area contributed by atoms with E-state index >= 15 is 0 Å². The SMILES string of the molecule is CS(=O)(=O)N1CCCN(c2ncnc3scc(-c4ccccc4)c23)CC1. The van der Waals surface area contributed by atoms with Crippen molar-refractivity contribution in [1.82, 2.24) is 14.3 Å². The Morgan fingerprint density at radius 3 is 2.62 bits per heavy atom. The highest BCUT2D eigenvalue weighted by Crippen LogP contribution is 2.37. The molecule has 0 N–H and O–H groups in total. The van der Waals surface area contributed by atoms with Gasteiger partial charge in [0.1, 0.15) is 17.0 Å². The van der Waals surface area contributed by atoms with Gasteiger partial charge in [-0.05, 0) is 12.0 Å². The first kappa shape index (κ1) is 17.4. The monoisotopic (exact) mass is 388 g/mol. The van der Waals surface area contributed by atoms with E-state index in [1.165, 1.54) is 6.26 Å². The molecule has 1 saturated heterocycles. The smallest absolute Gasteiger partial charge is 0.211 e. The van der Waals surface area contributed by atoms with Gasteiger partial charge >= 0.3 is 0 Å². The molecule has 1 aliphatic rings. The third-order valence-electron chi connectivity index (χ3n) is 4.66. The van der Waals surface area contributed by atoms with Gasteiger partial charge in [-0.1, -0.05) is 30.3 Å². The number of anilines is 1. The molecule has 8 heteroatoms. The predicted octanol–water partition coefficient (Wildman–Crippen LogP) is 2.83. The van der Waals surface area contributed by atoms with Gasteiger partial charge in [-0.3, -0.25) is 0 Å². The molecule has 0 radical (unpaired) electrons. The third-order valence-corrected chi connectivity index (χ3v) is 6.85. The summed E-state index contributed by atoms with van der Waals surface area (Å²) < 4.78 is 25.3. The second kappa shape index (κ2) is 6.94. The van der Waals surface area contributed by atoms with Crippen LogP contribution in [-0.2, 0) is 10.0 Å². The van der Waals surface area contributed by atoms with Crippen LogP contribution in [0.15, 0.2) is 42.0 Å². The van der Waals surface area contributed by atoms with Crippen molar-refractivity contribution >= 4 is 37.4 Å². The van der Waals surface area contributed by atoms with Crippen LogP contribution < -0.4 is 4.90 Å². The van der Waals surface area contributed by atoms with Crippen molar-refractivity contribution in [1.29, 1.82) is 0 Å². The summed E-state index contributed by atoms with van der Waals surface area (Å²) in [6, 6.07) is 10.2. The maximum Gasteiger partial charge on any atom is 0.211 e. The van der Waals surface area contributed by atoms with Crippen LogP contribution in [0, 0.1) is 0 Å².